The summed E-state index contributed by atoms with van der Waals surface area (Å²) >= 11 is 0. The molecule has 0 saturated heterocycles. The highest BCUT2D eigenvalue weighted by Gasteiger charge is 2.26. The Morgan fingerprint density at radius 1 is 1.22 bits per heavy atom. The predicted octanol–water partition coefficient (Wildman–Crippen LogP) is 3.03. The van der Waals surface area contributed by atoms with E-state index in [0.29, 0.717) is 6.42 Å². The average Bonchev–Trinajstić information content (AvgIpc) is 2.40. The van der Waals surface area contributed by atoms with Crippen LogP contribution in [0.5, 0.6) is 0 Å². The summed E-state index contributed by atoms with van der Waals surface area (Å²) in [4.78, 5) is 3.88. The molecule has 18 heavy (non-hydrogen) atoms. The smallest absolute Gasteiger partial charge is 0.141 e. The van der Waals surface area contributed by atoms with E-state index in [0.717, 1.165) is 17.5 Å². The Hall–Kier alpha value is -1.74. The van der Waals surface area contributed by atoms with Crippen molar-refractivity contribution in [2.45, 2.75) is 25.3 Å². The van der Waals surface area contributed by atoms with Crippen LogP contribution in [-0.2, 0) is 12.0 Å². The maximum atomic E-state index is 13.3. The fourth-order valence-electron chi connectivity index (χ4n) is 2.08. The highest BCUT2D eigenvalue weighted by molar-refractivity contribution is 5.26. The summed E-state index contributed by atoms with van der Waals surface area (Å²) in [6, 6.07) is 11.5. The summed E-state index contributed by atoms with van der Waals surface area (Å²) in [7, 11) is 0. The molecule has 0 spiro atoms. The van der Waals surface area contributed by atoms with Crippen molar-refractivity contribution < 1.29 is 4.39 Å². The lowest BCUT2D eigenvalue weighted by Gasteiger charge is -2.28. The molecular weight excluding hydrogens is 227 g/mol. The standard InChI is InChI=1S/C15H17FN2/c1-2-15(17,9-12-6-4-3-5-7-12)13-8-14(16)11-18-10-13/h3-8,10-11H,2,9,17H2,1H3. The normalized spacial score (nSPS) is 14.2. The number of halogens is 1. The first-order chi connectivity index (χ1) is 8.64. The van der Waals surface area contributed by atoms with Gasteiger partial charge in [0.2, 0.25) is 0 Å². The Labute approximate surface area is 107 Å². The summed E-state index contributed by atoms with van der Waals surface area (Å²) < 4.78 is 13.3. The number of nitrogens with two attached hydrogens (primary N) is 1. The van der Waals surface area contributed by atoms with Gasteiger partial charge in [-0.1, -0.05) is 37.3 Å². The highest BCUT2D eigenvalue weighted by atomic mass is 19.1. The van der Waals surface area contributed by atoms with Crippen LogP contribution in [0.3, 0.4) is 0 Å². The number of hydrogen-bond donors (Lipinski definition) is 1. The van der Waals surface area contributed by atoms with Crippen molar-refractivity contribution in [3.63, 3.8) is 0 Å². The van der Waals surface area contributed by atoms with E-state index in [-0.39, 0.29) is 5.82 Å². The van der Waals surface area contributed by atoms with Crippen LogP contribution in [0.2, 0.25) is 0 Å². The Morgan fingerprint density at radius 3 is 2.56 bits per heavy atom. The minimum atomic E-state index is -0.573. The van der Waals surface area contributed by atoms with Gasteiger partial charge >= 0.3 is 0 Å². The zero-order chi connectivity index (χ0) is 13.0. The van der Waals surface area contributed by atoms with E-state index >= 15 is 0 Å². The van der Waals surface area contributed by atoms with Crippen LogP contribution in [0.25, 0.3) is 0 Å². The van der Waals surface area contributed by atoms with Crippen LogP contribution in [0.1, 0.15) is 24.5 Å². The van der Waals surface area contributed by atoms with E-state index in [2.05, 4.69) is 4.98 Å². The van der Waals surface area contributed by atoms with Crippen molar-refractivity contribution in [3.8, 4) is 0 Å². The fraction of sp³-hybridized carbons (Fsp3) is 0.267. The summed E-state index contributed by atoms with van der Waals surface area (Å²) in [6.45, 7) is 2.01. The minimum Gasteiger partial charge on any atom is -0.321 e. The van der Waals surface area contributed by atoms with Crippen LogP contribution in [0.4, 0.5) is 4.39 Å². The minimum absolute atomic E-state index is 0.344. The molecule has 0 aliphatic heterocycles. The number of aromatic nitrogens is 1. The summed E-state index contributed by atoms with van der Waals surface area (Å²) in [5, 5.41) is 0. The van der Waals surface area contributed by atoms with Gasteiger partial charge in [-0.3, -0.25) is 4.98 Å². The first kappa shape index (κ1) is 12.7. The van der Waals surface area contributed by atoms with Crippen LogP contribution in [0, 0.1) is 5.82 Å². The summed E-state index contributed by atoms with van der Waals surface area (Å²) in [5.41, 5.74) is 7.73. The molecule has 0 fully saturated rings. The molecule has 0 amide bonds. The zero-order valence-electron chi connectivity index (χ0n) is 10.4. The lowest BCUT2D eigenvalue weighted by molar-refractivity contribution is 0.420. The van der Waals surface area contributed by atoms with E-state index in [4.69, 9.17) is 5.73 Å². The zero-order valence-corrected chi connectivity index (χ0v) is 10.4. The van der Waals surface area contributed by atoms with E-state index < -0.39 is 5.54 Å². The molecule has 1 atom stereocenters. The average molecular weight is 244 g/mol. The van der Waals surface area contributed by atoms with Gasteiger partial charge in [0, 0.05) is 11.7 Å². The van der Waals surface area contributed by atoms with Crippen LogP contribution < -0.4 is 5.73 Å². The summed E-state index contributed by atoms with van der Waals surface area (Å²) in [5.74, 6) is -0.344. The number of benzene rings is 1. The third-order valence-corrected chi connectivity index (χ3v) is 3.27. The SMILES string of the molecule is CCC(N)(Cc1ccccc1)c1cncc(F)c1. The van der Waals surface area contributed by atoms with Gasteiger partial charge < -0.3 is 5.73 Å². The monoisotopic (exact) mass is 244 g/mol. The molecule has 1 aromatic carbocycles. The van der Waals surface area contributed by atoms with E-state index in [1.807, 2.05) is 37.3 Å². The van der Waals surface area contributed by atoms with Gasteiger partial charge in [0.15, 0.2) is 0 Å². The van der Waals surface area contributed by atoms with Crippen LogP contribution in [-0.4, -0.2) is 4.98 Å². The van der Waals surface area contributed by atoms with Gasteiger partial charge in [0.05, 0.1) is 6.20 Å². The second-order valence-electron chi connectivity index (χ2n) is 4.56. The molecule has 1 unspecified atom stereocenters. The predicted molar refractivity (Wildman–Crippen MR) is 70.5 cm³/mol. The highest BCUT2D eigenvalue weighted by Crippen LogP contribution is 2.26. The molecule has 2 N–H and O–H groups in total. The van der Waals surface area contributed by atoms with Gasteiger partial charge in [-0.25, -0.2) is 4.39 Å². The largest absolute Gasteiger partial charge is 0.321 e. The third-order valence-electron chi connectivity index (χ3n) is 3.27. The molecule has 94 valence electrons. The van der Waals surface area contributed by atoms with Gasteiger partial charge in [0.25, 0.3) is 0 Å². The molecule has 0 aliphatic carbocycles. The van der Waals surface area contributed by atoms with Crippen molar-refractivity contribution in [1.82, 2.24) is 4.98 Å². The molecule has 2 rings (SSSR count). The molecule has 1 aromatic heterocycles. The van der Waals surface area contributed by atoms with Gasteiger partial charge in [-0.05, 0) is 30.0 Å². The topological polar surface area (TPSA) is 38.9 Å². The molecule has 1 heterocycles. The Morgan fingerprint density at radius 2 is 1.94 bits per heavy atom. The van der Waals surface area contributed by atoms with Gasteiger partial charge in [0.1, 0.15) is 5.82 Å². The van der Waals surface area contributed by atoms with Crippen molar-refractivity contribution in [2.24, 2.45) is 5.73 Å². The van der Waals surface area contributed by atoms with E-state index in [1.54, 1.807) is 6.20 Å². The lowest BCUT2D eigenvalue weighted by atomic mass is 9.83. The molecule has 3 heteroatoms. The van der Waals surface area contributed by atoms with E-state index in [9.17, 15) is 4.39 Å². The molecule has 0 bridgehead atoms. The number of pyridine rings is 1. The Balaban J connectivity index is 2.31. The van der Waals surface area contributed by atoms with Crippen molar-refractivity contribution >= 4 is 0 Å². The van der Waals surface area contributed by atoms with Gasteiger partial charge in [-0.2, -0.15) is 0 Å². The van der Waals surface area contributed by atoms with E-state index in [1.165, 1.54) is 12.3 Å². The van der Waals surface area contributed by atoms with Crippen LogP contribution in [0.15, 0.2) is 48.8 Å². The number of nitrogens with zero attached hydrogens (tertiary/aromatic N) is 1. The quantitative estimate of drug-likeness (QED) is 0.897. The molecule has 2 nitrogen and oxygen atoms in total. The fourth-order valence-corrected chi connectivity index (χ4v) is 2.08. The lowest BCUT2D eigenvalue weighted by Crippen LogP contribution is -2.38. The Kier molecular flexibility index (Phi) is 3.72. The van der Waals surface area contributed by atoms with Crippen LogP contribution >= 0.6 is 0 Å². The molecule has 2 aromatic rings. The van der Waals surface area contributed by atoms with Crippen molar-refractivity contribution in [3.05, 3.63) is 65.7 Å². The molecular formula is C15H17FN2. The summed E-state index contributed by atoms with van der Waals surface area (Å²) in [6.07, 6.45) is 4.25. The van der Waals surface area contributed by atoms with Gasteiger partial charge in [-0.15, -0.1) is 0 Å². The molecule has 0 aliphatic rings. The number of hydrogen-bond acceptors (Lipinski definition) is 2. The molecule has 0 saturated carbocycles. The maximum Gasteiger partial charge on any atom is 0.141 e. The third kappa shape index (κ3) is 2.74. The second-order valence-corrected chi connectivity index (χ2v) is 4.56. The maximum absolute atomic E-state index is 13.3. The number of rotatable bonds is 4. The Bertz CT molecular complexity index is 513. The second kappa shape index (κ2) is 5.27. The van der Waals surface area contributed by atoms with Crippen molar-refractivity contribution in [2.75, 3.05) is 0 Å². The molecule has 0 radical (unpaired) electrons. The first-order valence-electron chi connectivity index (χ1n) is 6.08. The first-order valence-corrected chi connectivity index (χ1v) is 6.08. The van der Waals surface area contributed by atoms with Crippen molar-refractivity contribution in [1.29, 1.82) is 0 Å².